The van der Waals surface area contributed by atoms with Crippen molar-refractivity contribution in [2.45, 2.75) is 38.5 Å². The van der Waals surface area contributed by atoms with Gasteiger partial charge in [0.05, 0.1) is 55.5 Å². The Morgan fingerprint density at radius 3 is 2.97 bits per heavy atom. The fraction of sp³-hybridized carbons (Fsp3) is 0.321. The molecule has 0 radical (unpaired) electrons. The van der Waals surface area contributed by atoms with E-state index in [0.717, 1.165) is 53.1 Å². The lowest BCUT2D eigenvalue weighted by Gasteiger charge is -2.30. The number of nitriles is 1. The lowest BCUT2D eigenvalue weighted by atomic mass is 9.79. The lowest BCUT2D eigenvalue weighted by molar-refractivity contribution is 0.0757. The second-order valence-electron chi connectivity index (χ2n) is 9.94. The second-order valence-corrected chi connectivity index (χ2v) is 9.94. The first-order chi connectivity index (χ1) is 17.9. The molecule has 5 heterocycles. The normalized spacial score (nSPS) is 18.7. The molecule has 0 spiro atoms. The van der Waals surface area contributed by atoms with E-state index in [-0.39, 0.29) is 12.5 Å². The van der Waals surface area contributed by atoms with Crippen LogP contribution in [0.4, 0.5) is 5.82 Å². The number of nitrogens with one attached hydrogen (secondary N) is 1. The number of aryl methyl sites for hydroxylation is 1. The van der Waals surface area contributed by atoms with Crippen LogP contribution in [0, 0.1) is 11.3 Å². The molecule has 0 aliphatic carbocycles. The molecule has 1 amide bonds. The molecule has 37 heavy (non-hydrogen) atoms. The van der Waals surface area contributed by atoms with Crippen molar-refractivity contribution in [1.82, 2.24) is 25.1 Å². The molecule has 1 atom stereocenters. The molecular formula is C28H27N7O2. The van der Waals surface area contributed by atoms with Crippen molar-refractivity contribution >= 4 is 22.6 Å². The summed E-state index contributed by atoms with van der Waals surface area (Å²) in [5.74, 6) is 0.706. The van der Waals surface area contributed by atoms with Crippen LogP contribution < -0.4 is 10.2 Å². The van der Waals surface area contributed by atoms with Crippen LogP contribution in [-0.2, 0) is 43.3 Å². The van der Waals surface area contributed by atoms with Crippen LogP contribution in [0.5, 0.6) is 0 Å². The summed E-state index contributed by atoms with van der Waals surface area (Å²) in [7, 11) is 1.98. The number of nitrogens with zero attached hydrogens (tertiary/aromatic N) is 6. The van der Waals surface area contributed by atoms with Gasteiger partial charge in [-0.2, -0.15) is 10.4 Å². The fourth-order valence-corrected chi connectivity index (χ4v) is 5.12. The van der Waals surface area contributed by atoms with Gasteiger partial charge in [-0.3, -0.25) is 14.5 Å². The zero-order valence-electron chi connectivity index (χ0n) is 20.9. The molecule has 3 aromatic heterocycles. The largest absolute Gasteiger partial charge is 0.375 e. The second kappa shape index (κ2) is 8.98. The van der Waals surface area contributed by atoms with Crippen LogP contribution in [0.15, 0.2) is 48.8 Å². The molecule has 0 unspecified atom stereocenters. The van der Waals surface area contributed by atoms with Crippen molar-refractivity contribution < 1.29 is 9.53 Å². The highest BCUT2D eigenvalue weighted by atomic mass is 16.5. The maximum absolute atomic E-state index is 13.0. The maximum atomic E-state index is 13.0. The van der Waals surface area contributed by atoms with E-state index in [9.17, 15) is 10.1 Å². The minimum atomic E-state index is -0.764. The number of pyridine rings is 2. The van der Waals surface area contributed by atoms with E-state index in [0.29, 0.717) is 18.8 Å². The zero-order chi connectivity index (χ0) is 25.6. The summed E-state index contributed by atoms with van der Waals surface area (Å²) in [5, 5.41) is 18.0. The average molecular weight is 494 g/mol. The Morgan fingerprint density at radius 1 is 1.22 bits per heavy atom. The van der Waals surface area contributed by atoms with Gasteiger partial charge in [-0.25, -0.2) is 4.98 Å². The molecule has 9 heteroatoms. The van der Waals surface area contributed by atoms with Gasteiger partial charge < -0.3 is 15.0 Å². The Morgan fingerprint density at radius 2 is 2.11 bits per heavy atom. The molecule has 9 nitrogen and oxygen atoms in total. The van der Waals surface area contributed by atoms with Crippen molar-refractivity contribution in [1.29, 1.82) is 5.26 Å². The first-order valence-corrected chi connectivity index (χ1v) is 12.3. The van der Waals surface area contributed by atoms with E-state index < -0.39 is 5.41 Å². The van der Waals surface area contributed by atoms with Gasteiger partial charge in [0.15, 0.2) is 0 Å². The molecule has 2 aliphatic heterocycles. The number of hydrogen-bond donors (Lipinski definition) is 1. The number of aromatic nitrogens is 4. The smallest absolute Gasteiger partial charge is 0.251 e. The predicted molar refractivity (Wildman–Crippen MR) is 138 cm³/mol. The van der Waals surface area contributed by atoms with Crippen LogP contribution in [0.25, 0.3) is 10.9 Å². The summed E-state index contributed by atoms with van der Waals surface area (Å²) in [6.45, 7) is 4.55. The molecule has 1 aromatic carbocycles. The standard InChI is InChI=1S/C28H27N7O2/c1-28(16-29)17-37-15-21-4-3-18(9-23(21)28)27(36)31-13-22-10-24-19(11-30-22)5-6-26(33-24)35-8-7-20-12-32-34(2)25(20)14-35/h3-6,9-12H,7-8,13-15,17H2,1-2H3,(H,31,36)/t28-/m1/s1. The Bertz CT molecular complexity index is 1570. The van der Waals surface area contributed by atoms with Crippen molar-refractivity contribution in [3.05, 3.63) is 82.4 Å². The first-order valence-electron chi connectivity index (χ1n) is 12.3. The molecule has 0 fully saturated rings. The van der Waals surface area contributed by atoms with Gasteiger partial charge in [0.2, 0.25) is 0 Å². The molecule has 0 bridgehead atoms. The van der Waals surface area contributed by atoms with Crippen LogP contribution >= 0.6 is 0 Å². The number of rotatable bonds is 4. The number of fused-ring (bicyclic) bond motifs is 3. The topological polar surface area (TPSA) is 109 Å². The van der Waals surface area contributed by atoms with E-state index in [1.807, 2.05) is 55.2 Å². The molecule has 6 rings (SSSR count). The highest BCUT2D eigenvalue weighted by Crippen LogP contribution is 2.32. The van der Waals surface area contributed by atoms with E-state index in [1.165, 1.54) is 11.3 Å². The van der Waals surface area contributed by atoms with E-state index >= 15 is 0 Å². The summed E-state index contributed by atoms with van der Waals surface area (Å²) >= 11 is 0. The van der Waals surface area contributed by atoms with Crippen LogP contribution in [0.2, 0.25) is 0 Å². The minimum Gasteiger partial charge on any atom is -0.375 e. The van der Waals surface area contributed by atoms with Crippen molar-refractivity contribution in [2.75, 3.05) is 18.1 Å². The van der Waals surface area contributed by atoms with Gasteiger partial charge in [-0.1, -0.05) is 6.07 Å². The SMILES string of the molecule is Cn1ncc2c1CN(c1ccc3cnc(CNC(=O)c4ccc5c(c4)[C@](C)(C#N)COC5)cc3n1)CC2. The molecule has 2 aliphatic rings. The van der Waals surface area contributed by atoms with Gasteiger partial charge in [0.1, 0.15) is 11.2 Å². The molecule has 0 saturated carbocycles. The molecule has 0 saturated heterocycles. The molecule has 186 valence electrons. The van der Waals surface area contributed by atoms with E-state index in [2.05, 4.69) is 26.4 Å². The quantitative estimate of drug-likeness (QED) is 0.465. The van der Waals surface area contributed by atoms with Gasteiger partial charge in [0, 0.05) is 30.7 Å². The highest BCUT2D eigenvalue weighted by molar-refractivity contribution is 5.94. The number of carbonyl (C=O) groups excluding carboxylic acids is 1. The summed E-state index contributed by atoms with van der Waals surface area (Å²) in [5.41, 5.74) is 5.63. The monoisotopic (exact) mass is 493 g/mol. The fourth-order valence-electron chi connectivity index (χ4n) is 5.12. The third-order valence-electron chi connectivity index (χ3n) is 7.37. The van der Waals surface area contributed by atoms with Gasteiger partial charge in [-0.05, 0) is 60.4 Å². The van der Waals surface area contributed by atoms with Crippen LogP contribution in [0.1, 0.15) is 45.4 Å². The predicted octanol–water partition coefficient (Wildman–Crippen LogP) is 3.17. The Kier molecular flexibility index (Phi) is 5.61. The Hall–Kier alpha value is -4.29. The zero-order valence-corrected chi connectivity index (χ0v) is 20.9. The van der Waals surface area contributed by atoms with Crippen LogP contribution in [0.3, 0.4) is 0 Å². The third-order valence-corrected chi connectivity index (χ3v) is 7.37. The Balaban J connectivity index is 1.18. The highest BCUT2D eigenvalue weighted by Gasteiger charge is 2.33. The lowest BCUT2D eigenvalue weighted by Crippen LogP contribution is -2.33. The van der Waals surface area contributed by atoms with E-state index in [1.54, 1.807) is 12.3 Å². The van der Waals surface area contributed by atoms with Gasteiger partial charge >= 0.3 is 0 Å². The minimum absolute atomic E-state index is 0.210. The van der Waals surface area contributed by atoms with E-state index in [4.69, 9.17) is 9.72 Å². The Labute approximate surface area is 214 Å². The van der Waals surface area contributed by atoms with Gasteiger partial charge in [-0.15, -0.1) is 0 Å². The van der Waals surface area contributed by atoms with Crippen molar-refractivity contribution in [3.8, 4) is 6.07 Å². The molecule has 1 N–H and O–H groups in total. The van der Waals surface area contributed by atoms with Gasteiger partial charge in [0.25, 0.3) is 5.91 Å². The third kappa shape index (κ3) is 4.19. The molecule has 4 aromatic rings. The summed E-state index contributed by atoms with van der Waals surface area (Å²) < 4.78 is 7.50. The number of carbonyl (C=O) groups is 1. The molecular weight excluding hydrogens is 466 g/mol. The number of amides is 1. The summed E-state index contributed by atoms with van der Waals surface area (Å²) in [6, 6.07) is 13.8. The number of hydrogen-bond acceptors (Lipinski definition) is 7. The number of ether oxygens (including phenoxy) is 1. The van der Waals surface area contributed by atoms with Crippen molar-refractivity contribution in [2.24, 2.45) is 7.05 Å². The summed E-state index contributed by atoms with van der Waals surface area (Å²) in [6.07, 6.45) is 4.69. The first kappa shape index (κ1) is 23.1. The number of anilines is 1. The van der Waals surface area contributed by atoms with Crippen LogP contribution in [-0.4, -0.2) is 38.8 Å². The number of benzene rings is 1. The average Bonchev–Trinajstić information content (AvgIpc) is 3.31. The maximum Gasteiger partial charge on any atom is 0.251 e. The summed E-state index contributed by atoms with van der Waals surface area (Å²) in [4.78, 5) is 24.6. The van der Waals surface area contributed by atoms with Crippen molar-refractivity contribution in [3.63, 3.8) is 0 Å².